The summed E-state index contributed by atoms with van der Waals surface area (Å²) in [6, 6.07) is 6.82. The van der Waals surface area contributed by atoms with E-state index in [1.54, 1.807) is 31.5 Å². The minimum absolute atomic E-state index is 0.0111. The molecule has 8 nitrogen and oxygen atoms in total. The summed E-state index contributed by atoms with van der Waals surface area (Å²) in [4.78, 5) is 15.4. The highest BCUT2D eigenvalue weighted by Crippen LogP contribution is 2.33. The van der Waals surface area contributed by atoms with E-state index in [4.69, 9.17) is 15.2 Å². The normalized spacial score (nSPS) is 10.7. The number of carbonyl (C=O) groups is 1. The van der Waals surface area contributed by atoms with Crippen LogP contribution in [0, 0.1) is 0 Å². The number of anilines is 1. The minimum atomic E-state index is -1.11. The van der Waals surface area contributed by atoms with Crippen molar-refractivity contribution in [3.63, 3.8) is 0 Å². The highest BCUT2D eigenvalue weighted by molar-refractivity contribution is 5.96. The lowest BCUT2D eigenvalue weighted by Gasteiger charge is -2.10. The first-order valence-corrected chi connectivity index (χ1v) is 6.65. The van der Waals surface area contributed by atoms with Crippen LogP contribution in [0.25, 0.3) is 16.8 Å². The number of benzene rings is 1. The summed E-state index contributed by atoms with van der Waals surface area (Å²) in [6.45, 7) is 0. The molecule has 0 fully saturated rings. The smallest absolute Gasteiger partial charge is 0.339 e. The van der Waals surface area contributed by atoms with Gasteiger partial charge in [-0.15, -0.1) is 5.10 Å². The first kappa shape index (κ1) is 14.6. The Kier molecular flexibility index (Phi) is 3.49. The second-order valence-electron chi connectivity index (χ2n) is 4.76. The molecule has 0 spiro atoms. The Morgan fingerprint density at radius 1 is 1.17 bits per heavy atom. The minimum Gasteiger partial charge on any atom is -0.493 e. The Morgan fingerprint density at radius 2 is 1.91 bits per heavy atom. The topological polar surface area (TPSA) is 112 Å². The van der Waals surface area contributed by atoms with Crippen LogP contribution in [0.1, 0.15) is 10.4 Å². The fraction of sp³-hybridized carbons (Fsp3) is 0.133. The molecule has 0 aliphatic carbocycles. The van der Waals surface area contributed by atoms with Gasteiger partial charge in [-0.3, -0.25) is 0 Å². The SMILES string of the molecule is COc1ccc(-c2cc(C(=O)O)c3nc(N)nn3c2)cc1OC. The Morgan fingerprint density at radius 3 is 2.57 bits per heavy atom. The van der Waals surface area contributed by atoms with E-state index >= 15 is 0 Å². The molecule has 0 amide bonds. The van der Waals surface area contributed by atoms with Gasteiger partial charge in [-0.25, -0.2) is 9.31 Å². The number of nitrogens with two attached hydrogens (primary N) is 1. The summed E-state index contributed by atoms with van der Waals surface area (Å²) in [5.41, 5.74) is 7.16. The van der Waals surface area contributed by atoms with Crippen LogP contribution in [0.5, 0.6) is 11.5 Å². The lowest BCUT2D eigenvalue weighted by molar-refractivity contribution is 0.0698. The van der Waals surface area contributed by atoms with Crippen molar-refractivity contribution in [3.05, 3.63) is 36.0 Å². The Balaban J connectivity index is 2.22. The van der Waals surface area contributed by atoms with Gasteiger partial charge in [0.1, 0.15) is 5.56 Å². The number of methoxy groups -OCH3 is 2. The van der Waals surface area contributed by atoms with Gasteiger partial charge < -0.3 is 20.3 Å². The number of fused-ring (bicyclic) bond motifs is 1. The number of carboxylic acids is 1. The molecule has 3 rings (SSSR count). The van der Waals surface area contributed by atoms with Crippen LogP contribution in [0.15, 0.2) is 30.5 Å². The number of aromatic carboxylic acids is 1. The number of aromatic nitrogens is 3. The molecule has 0 aliphatic heterocycles. The van der Waals surface area contributed by atoms with Gasteiger partial charge in [-0.2, -0.15) is 4.98 Å². The third-order valence-corrected chi connectivity index (χ3v) is 3.40. The summed E-state index contributed by atoms with van der Waals surface area (Å²) in [6.07, 6.45) is 1.66. The first-order chi connectivity index (χ1) is 11.0. The second kappa shape index (κ2) is 5.48. The van der Waals surface area contributed by atoms with Crippen LogP contribution < -0.4 is 15.2 Å². The fourth-order valence-electron chi connectivity index (χ4n) is 2.33. The molecule has 8 heteroatoms. The molecular formula is C15H14N4O4. The maximum absolute atomic E-state index is 11.5. The maximum Gasteiger partial charge on any atom is 0.339 e. The third-order valence-electron chi connectivity index (χ3n) is 3.40. The molecule has 0 saturated heterocycles. The molecule has 3 aromatic rings. The molecule has 0 bridgehead atoms. The molecule has 0 aliphatic rings. The number of carboxylic acid groups (broad SMARTS) is 1. The monoisotopic (exact) mass is 314 g/mol. The molecule has 23 heavy (non-hydrogen) atoms. The van der Waals surface area contributed by atoms with E-state index in [0.717, 1.165) is 5.56 Å². The predicted octanol–water partition coefficient (Wildman–Crippen LogP) is 1.69. The highest BCUT2D eigenvalue weighted by atomic mass is 16.5. The van der Waals surface area contributed by atoms with Crippen LogP contribution in [-0.4, -0.2) is 39.9 Å². The first-order valence-electron chi connectivity index (χ1n) is 6.65. The van der Waals surface area contributed by atoms with Crippen molar-refractivity contribution in [2.24, 2.45) is 0 Å². The van der Waals surface area contributed by atoms with Crippen molar-refractivity contribution in [1.29, 1.82) is 0 Å². The summed E-state index contributed by atoms with van der Waals surface area (Å²) in [7, 11) is 3.08. The number of nitrogens with zero attached hydrogens (tertiary/aromatic N) is 3. The van der Waals surface area contributed by atoms with Crippen molar-refractivity contribution in [2.45, 2.75) is 0 Å². The van der Waals surface area contributed by atoms with Crippen LogP contribution in [0.4, 0.5) is 5.95 Å². The van der Waals surface area contributed by atoms with Crippen molar-refractivity contribution in [3.8, 4) is 22.6 Å². The number of rotatable bonds is 4. The van der Waals surface area contributed by atoms with E-state index in [2.05, 4.69) is 10.1 Å². The van der Waals surface area contributed by atoms with Crippen LogP contribution in [0.2, 0.25) is 0 Å². The molecule has 0 radical (unpaired) electrons. The predicted molar refractivity (Wildman–Crippen MR) is 82.9 cm³/mol. The number of pyridine rings is 1. The number of hydrogen-bond acceptors (Lipinski definition) is 6. The summed E-state index contributed by atoms with van der Waals surface area (Å²) < 4.78 is 11.8. The highest BCUT2D eigenvalue weighted by Gasteiger charge is 2.16. The fourth-order valence-corrected chi connectivity index (χ4v) is 2.33. The number of nitrogen functional groups attached to an aromatic ring is 1. The van der Waals surface area contributed by atoms with Crippen LogP contribution >= 0.6 is 0 Å². The van der Waals surface area contributed by atoms with E-state index in [0.29, 0.717) is 17.1 Å². The summed E-state index contributed by atoms with van der Waals surface area (Å²) in [5.74, 6) is 0.0301. The van der Waals surface area contributed by atoms with E-state index in [-0.39, 0.29) is 17.2 Å². The van der Waals surface area contributed by atoms with Gasteiger partial charge in [0, 0.05) is 11.8 Å². The van der Waals surface area contributed by atoms with Crippen LogP contribution in [0.3, 0.4) is 0 Å². The molecule has 3 N–H and O–H groups in total. The van der Waals surface area contributed by atoms with Gasteiger partial charge in [-0.1, -0.05) is 6.07 Å². The van der Waals surface area contributed by atoms with Crippen molar-refractivity contribution in [1.82, 2.24) is 14.6 Å². The molecule has 0 unspecified atom stereocenters. The lowest BCUT2D eigenvalue weighted by Crippen LogP contribution is -2.02. The van der Waals surface area contributed by atoms with Crippen LogP contribution in [-0.2, 0) is 0 Å². The van der Waals surface area contributed by atoms with E-state index in [1.807, 2.05) is 0 Å². The molecule has 2 aromatic heterocycles. The van der Waals surface area contributed by atoms with E-state index < -0.39 is 5.97 Å². The quantitative estimate of drug-likeness (QED) is 0.753. The average molecular weight is 314 g/mol. The molecule has 0 atom stereocenters. The van der Waals surface area contributed by atoms with Gasteiger partial charge in [0.25, 0.3) is 0 Å². The second-order valence-corrected chi connectivity index (χ2v) is 4.76. The maximum atomic E-state index is 11.5. The number of ether oxygens (including phenoxy) is 2. The summed E-state index contributed by atoms with van der Waals surface area (Å²) >= 11 is 0. The zero-order valence-corrected chi connectivity index (χ0v) is 12.5. The zero-order chi connectivity index (χ0) is 16.6. The van der Waals surface area contributed by atoms with Gasteiger partial charge in [0.05, 0.1) is 14.2 Å². The van der Waals surface area contributed by atoms with E-state index in [9.17, 15) is 9.90 Å². The third kappa shape index (κ3) is 2.50. The van der Waals surface area contributed by atoms with Gasteiger partial charge in [0.2, 0.25) is 5.95 Å². The lowest BCUT2D eigenvalue weighted by atomic mass is 10.0. The molecule has 1 aromatic carbocycles. The van der Waals surface area contributed by atoms with Gasteiger partial charge >= 0.3 is 5.97 Å². The van der Waals surface area contributed by atoms with Gasteiger partial charge in [-0.05, 0) is 23.8 Å². The molecule has 0 saturated carbocycles. The zero-order valence-electron chi connectivity index (χ0n) is 12.5. The Bertz CT molecular complexity index is 904. The van der Waals surface area contributed by atoms with Gasteiger partial charge in [0.15, 0.2) is 17.1 Å². The van der Waals surface area contributed by atoms with E-state index in [1.165, 1.54) is 17.7 Å². The van der Waals surface area contributed by atoms with Crippen molar-refractivity contribution >= 4 is 17.6 Å². The Hall–Kier alpha value is -3.29. The Labute approximate surface area is 131 Å². The number of hydrogen-bond donors (Lipinski definition) is 2. The van der Waals surface area contributed by atoms with Crippen molar-refractivity contribution < 1.29 is 19.4 Å². The molecule has 118 valence electrons. The van der Waals surface area contributed by atoms with Crippen molar-refractivity contribution in [2.75, 3.05) is 20.0 Å². The standard InChI is InChI=1S/C15H14N4O4/c1-22-11-4-3-8(6-12(11)23-2)9-5-10(14(20)21)13-17-15(16)18-19(13)7-9/h3-7H,1-2H3,(H2,16,18)(H,20,21). The molecule has 2 heterocycles. The average Bonchev–Trinajstić information content (AvgIpc) is 2.92. The summed E-state index contributed by atoms with van der Waals surface area (Å²) in [5, 5.41) is 13.4. The largest absolute Gasteiger partial charge is 0.493 e. The molecular weight excluding hydrogens is 300 g/mol.